The van der Waals surface area contributed by atoms with Gasteiger partial charge in [-0.2, -0.15) is 4.98 Å². The molecule has 1 aromatic heterocycles. The van der Waals surface area contributed by atoms with Crippen LogP contribution < -0.4 is 11.4 Å². The second-order valence-electron chi connectivity index (χ2n) is 3.47. The smallest absolute Gasteiger partial charge is 0.351 e. The average molecular weight is 261 g/mol. The third-order valence-electron chi connectivity index (χ3n) is 2.28. The van der Waals surface area contributed by atoms with Crippen molar-refractivity contribution in [2.45, 2.75) is 11.7 Å². The van der Waals surface area contributed by atoms with Crippen molar-refractivity contribution in [3.63, 3.8) is 0 Å². The van der Waals surface area contributed by atoms with Gasteiger partial charge in [-0.25, -0.2) is 9.18 Å². The number of anilines is 1. The minimum atomic E-state index is -0.728. The van der Waals surface area contributed by atoms with E-state index in [1.165, 1.54) is 11.8 Å². The molecule has 0 radical (unpaired) electrons. The van der Waals surface area contributed by atoms with Crippen LogP contribution in [0.4, 0.5) is 10.2 Å². The van der Waals surface area contributed by atoms with Gasteiger partial charge in [0.15, 0.2) is 11.6 Å². The van der Waals surface area contributed by atoms with Gasteiger partial charge in [-0.1, -0.05) is 0 Å². The number of halogens is 1. The maximum atomic E-state index is 13.2. The number of hydrogen-bond acceptors (Lipinski definition) is 6. The van der Waals surface area contributed by atoms with Crippen LogP contribution in [0.25, 0.3) is 0 Å². The van der Waals surface area contributed by atoms with Gasteiger partial charge in [0.2, 0.25) is 0 Å². The Morgan fingerprint density at radius 2 is 2.59 bits per heavy atom. The van der Waals surface area contributed by atoms with Gasteiger partial charge in [0.1, 0.15) is 11.7 Å². The summed E-state index contributed by atoms with van der Waals surface area (Å²) in [7, 11) is 1.56. The summed E-state index contributed by atoms with van der Waals surface area (Å²) in [5, 5.41) is 0. The zero-order chi connectivity index (χ0) is 12.4. The minimum absolute atomic E-state index is 0.155. The fraction of sp³-hybridized carbons (Fsp3) is 0.556. The average Bonchev–Trinajstić information content (AvgIpc) is 2.72. The van der Waals surface area contributed by atoms with Crippen molar-refractivity contribution in [1.29, 1.82) is 0 Å². The Kier molecular flexibility index (Phi) is 3.65. The van der Waals surface area contributed by atoms with E-state index < -0.39 is 23.6 Å². The molecule has 0 aromatic carbocycles. The molecule has 2 atom stereocenters. The van der Waals surface area contributed by atoms with Crippen LogP contribution in [0.5, 0.6) is 0 Å². The quantitative estimate of drug-likeness (QED) is 0.837. The van der Waals surface area contributed by atoms with Gasteiger partial charge in [-0.15, -0.1) is 11.8 Å². The Morgan fingerprint density at radius 1 is 1.82 bits per heavy atom. The second-order valence-corrected chi connectivity index (χ2v) is 4.67. The zero-order valence-corrected chi connectivity index (χ0v) is 9.95. The van der Waals surface area contributed by atoms with E-state index in [9.17, 15) is 9.18 Å². The topological polar surface area (TPSA) is 79.4 Å². The van der Waals surface area contributed by atoms with Gasteiger partial charge >= 0.3 is 5.69 Å². The van der Waals surface area contributed by atoms with Crippen LogP contribution in [0.2, 0.25) is 0 Å². The first-order valence-corrected chi connectivity index (χ1v) is 5.97. The summed E-state index contributed by atoms with van der Waals surface area (Å²) >= 11 is 1.50. The number of methoxy groups -OCH3 is 1. The molecule has 1 aliphatic heterocycles. The van der Waals surface area contributed by atoms with Crippen LogP contribution in [0.1, 0.15) is 6.23 Å². The summed E-state index contributed by atoms with van der Waals surface area (Å²) in [4.78, 5) is 14.9. The van der Waals surface area contributed by atoms with Gasteiger partial charge in [0.25, 0.3) is 0 Å². The first-order valence-electron chi connectivity index (χ1n) is 4.92. The van der Waals surface area contributed by atoms with E-state index in [4.69, 9.17) is 15.2 Å². The highest BCUT2D eigenvalue weighted by Crippen LogP contribution is 2.31. The van der Waals surface area contributed by atoms with Crippen molar-refractivity contribution >= 4 is 17.6 Å². The fourth-order valence-electron chi connectivity index (χ4n) is 1.48. The molecule has 1 aromatic rings. The third kappa shape index (κ3) is 2.59. The third-order valence-corrected chi connectivity index (χ3v) is 3.38. The molecule has 0 saturated carbocycles. The molecule has 0 aliphatic carbocycles. The van der Waals surface area contributed by atoms with E-state index in [2.05, 4.69) is 4.98 Å². The van der Waals surface area contributed by atoms with E-state index in [1.807, 2.05) is 0 Å². The Labute approximate surface area is 101 Å². The van der Waals surface area contributed by atoms with Gasteiger partial charge in [-0.05, 0) is 0 Å². The summed E-state index contributed by atoms with van der Waals surface area (Å²) in [5.41, 5.74) is 4.42. The Morgan fingerprint density at radius 3 is 3.29 bits per heavy atom. The predicted octanol–water partition coefficient (Wildman–Crippen LogP) is 0.199. The van der Waals surface area contributed by atoms with Crippen LogP contribution in [-0.4, -0.2) is 34.5 Å². The minimum Gasteiger partial charge on any atom is -0.381 e. The fourth-order valence-corrected chi connectivity index (χ4v) is 2.53. The summed E-state index contributed by atoms with van der Waals surface area (Å²) < 4.78 is 24.8. The van der Waals surface area contributed by atoms with Crippen molar-refractivity contribution in [3.8, 4) is 0 Å². The molecule has 0 amide bonds. The van der Waals surface area contributed by atoms with Crippen LogP contribution in [0.15, 0.2) is 11.0 Å². The molecule has 0 spiro atoms. The second kappa shape index (κ2) is 5.03. The summed E-state index contributed by atoms with van der Waals surface area (Å²) in [6.45, 7) is 0.417. The lowest BCUT2D eigenvalue weighted by Crippen LogP contribution is -2.29. The van der Waals surface area contributed by atoms with Crippen molar-refractivity contribution in [1.82, 2.24) is 9.55 Å². The number of nitrogens with two attached hydrogens (primary N) is 1. The molecule has 2 N–H and O–H groups in total. The highest BCUT2D eigenvalue weighted by molar-refractivity contribution is 8.00. The zero-order valence-electron chi connectivity index (χ0n) is 9.13. The SMILES string of the molecule is COC[C@H]1O[C@@H](n2cc(F)c(N)nc2=O)CS1. The summed E-state index contributed by atoms with van der Waals surface area (Å²) in [6.07, 6.45) is 0.487. The predicted molar refractivity (Wildman–Crippen MR) is 61.1 cm³/mol. The number of aromatic nitrogens is 2. The molecular weight excluding hydrogens is 249 g/mol. The first-order chi connectivity index (χ1) is 8.11. The molecule has 2 rings (SSSR count). The maximum Gasteiger partial charge on any atom is 0.351 e. The van der Waals surface area contributed by atoms with Crippen LogP contribution in [0, 0.1) is 5.82 Å². The van der Waals surface area contributed by atoms with Crippen molar-refractivity contribution < 1.29 is 13.9 Å². The molecule has 1 fully saturated rings. The molecule has 0 bridgehead atoms. The largest absolute Gasteiger partial charge is 0.381 e. The number of nitrogens with zero attached hydrogens (tertiary/aromatic N) is 2. The molecular formula is C9H12FN3O3S. The molecule has 8 heteroatoms. The van der Waals surface area contributed by atoms with E-state index in [-0.39, 0.29) is 5.44 Å². The summed E-state index contributed by atoms with van der Waals surface area (Å²) in [6, 6.07) is 0. The molecule has 0 unspecified atom stereocenters. The standard InChI is InChI=1S/C9H12FN3O3S/c1-15-3-7-16-6(4-17-7)13-2-5(10)8(11)12-9(13)14/h2,6-7H,3-4H2,1H3,(H2,11,12,14)/t6-,7+/m1/s1. The molecule has 1 aliphatic rings. The maximum absolute atomic E-state index is 13.2. The van der Waals surface area contributed by atoms with E-state index >= 15 is 0 Å². The first kappa shape index (κ1) is 12.3. The van der Waals surface area contributed by atoms with Gasteiger partial charge in [0, 0.05) is 12.9 Å². The number of thioether (sulfide) groups is 1. The lowest BCUT2D eigenvalue weighted by Gasteiger charge is -2.14. The molecule has 1 saturated heterocycles. The molecule has 17 heavy (non-hydrogen) atoms. The van der Waals surface area contributed by atoms with Crippen molar-refractivity contribution in [2.24, 2.45) is 0 Å². The normalized spacial score (nSPS) is 24.1. The highest BCUT2D eigenvalue weighted by Gasteiger charge is 2.28. The number of hydrogen-bond donors (Lipinski definition) is 1. The highest BCUT2D eigenvalue weighted by atomic mass is 32.2. The van der Waals surface area contributed by atoms with Gasteiger partial charge < -0.3 is 15.2 Å². The van der Waals surface area contributed by atoms with Crippen molar-refractivity contribution in [2.75, 3.05) is 25.2 Å². The number of nitrogen functional groups attached to an aromatic ring is 1. The molecule has 2 heterocycles. The number of rotatable bonds is 3. The molecule has 94 valence electrons. The Hall–Kier alpha value is -1.12. The van der Waals surface area contributed by atoms with Gasteiger partial charge in [0.05, 0.1) is 12.8 Å². The van der Waals surface area contributed by atoms with Crippen LogP contribution >= 0.6 is 11.8 Å². The van der Waals surface area contributed by atoms with Crippen LogP contribution in [0.3, 0.4) is 0 Å². The lowest BCUT2D eigenvalue weighted by atomic mass is 10.5. The van der Waals surface area contributed by atoms with Crippen molar-refractivity contribution in [3.05, 3.63) is 22.5 Å². The lowest BCUT2D eigenvalue weighted by molar-refractivity contribution is -0.0156. The van der Waals surface area contributed by atoms with E-state index in [0.717, 1.165) is 10.8 Å². The Balaban J connectivity index is 2.19. The van der Waals surface area contributed by atoms with E-state index in [1.54, 1.807) is 7.11 Å². The van der Waals surface area contributed by atoms with Gasteiger partial charge in [-0.3, -0.25) is 4.57 Å². The van der Waals surface area contributed by atoms with E-state index in [0.29, 0.717) is 12.4 Å². The summed E-state index contributed by atoms with van der Waals surface area (Å²) in [5.74, 6) is -0.586. The number of ether oxygens (including phenoxy) is 2. The Bertz CT molecular complexity index is 467. The molecule has 6 nitrogen and oxygen atoms in total. The van der Waals surface area contributed by atoms with Crippen LogP contribution in [-0.2, 0) is 9.47 Å². The monoisotopic (exact) mass is 261 g/mol.